The van der Waals surface area contributed by atoms with Gasteiger partial charge in [0.05, 0.1) is 18.3 Å². The quantitative estimate of drug-likeness (QED) is 0.789. The molecule has 0 saturated carbocycles. The maximum atomic E-state index is 12.7. The van der Waals surface area contributed by atoms with Crippen molar-refractivity contribution in [2.75, 3.05) is 44.6 Å². The van der Waals surface area contributed by atoms with Gasteiger partial charge < -0.3 is 20.3 Å². The summed E-state index contributed by atoms with van der Waals surface area (Å²) in [6.07, 6.45) is 7.65. The molecular formula is C19H30Cl2N4O2. The smallest absolute Gasteiger partial charge is 0.257 e. The summed E-state index contributed by atoms with van der Waals surface area (Å²) in [7, 11) is 0. The molecule has 1 atom stereocenters. The predicted octanol–water partition coefficient (Wildman–Crippen LogP) is 2.73. The van der Waals surface area contributed by atoms with Gasteiger partial charge in [0, 0.05) is 25.8 Å². The molecule has 3 fully saturated rings. The summed E-state index contributed by atoms with van der Waals surface area (Å²) in [5, 5.41) is 6.81. The number of piperidine rings is 1. The number of halogens is 2. The number of carbonyl (C=O) groups is 1. The summed E-state index contributed by atoms with van der Waals surface area (Å²) in [6.45, 7) is 5.48. The second-order valence-electron chi connectivity index (χ2n) is 7.67. The van der Waals surface area contributed by atoms with Gasteiger partial charge in [-0.2, -0.15) is 0 Å². The van der Waals surface area contributed by atoms with Crippen LogP contribution in [0.4, 0.5) is 5.82 Å². The Balaban J connectivity index is 0.00000131. The molecule has 0 aliphatic carbocycles. The number of ether oxygens (including phenoxy) is 1. The Hall–Kier alpha value is -1.08. The van der Waals surface area contributed by atoms with E-state index in [9.17, 15) is 4.79 Å². The average molecular weight is 417 g/mol. The number of carbonyl (C=O) groups excluding carboxylic acids is 1. The monoisotopic (exact) mass is 416 g/mol. The van der Waals surface area contributed by atoms with Crippen LogP contribution in [0.25, 0.3) is 0 Å². The minimum atomic E-state index is 0. The van der Waals surface area contributed by atoms with Crippen molar-refractivity contribution in [2.45, 2.75) is 38.2 Å². The molecule has 3 aliphatic heterocycles. The number of hydrogen-bond donors (Lipinski definition) is 2. The molecule has 0 radical (unpaired) electrons. The third-order valence-electron chi connectivity index (χ3n) is 5.88. The fourth-order valence-electron chi connectivity index (χ4n) is 4.35. The molecule has 27 heavy (non-hydrogen) atoms. The van der Waals surface area contributed by atoms with Gasteiger partial charge in [-0.15, -0.1) is 24.8 Å². The number of amides is 1. The summed E-state index contributed by atoms with van der Waals surface area (Å²) in [5.41, 5.74) is 1.04. The van der Waals surface area contributed by atoms with E-state index in [1.807, 2.05) is 17.0 Å². The summed E-state index contributed by atoms with van der Waals surface area (Å²) >= 11 is 0. The summed E-state index contributed by atoms with van der Waals surface area (Å²) in [5.74, 6) is 0.782. The lowest BCUT2D eigenvalue weighted by atomic mass is 9.77. The Bertz CT molecular complexity index is 619. The van der Waals surface area contributed by atoms with Crippen LogP contribution in [0, 0.1) is 5.41 Å². The Morgan fingerprint density at radius 3 is 2.78 bits per heavy atom. The van der Waals surface area contributed by atoms with Crippen molar-refractivity contribution < 1.29 is 9.53 Å². The number of nitrogens with zero attached hydrogens (tertiary/aromatic N) is 2. The van der Waals surface area contributed by atoms with E-state index in [4.69, 9.17) is 4.74 Å². The fourth-order valence-corrected chi connectivity index (χ4v) is 4.35. The molecule has 4 heterocycles. The van der Waals surface area contributed by atoms with Crippen LogP contribution in [0.2, 0.25) is 0 Å². The van der Waals surface area contributed by atoms with Gasteiger partial charge in [0.15, 0.2) is 0 Å². The van der Waals surface area contributed by atoms with Gasteiger partial charge in [-0.05, 0) is 62.7 Å². The van der Waals surface area contributed by atoms with Crippen LogP contribution in [0.1, 0.15) is 42.5 Å². The zero-order chi connectivity index (χ0) is 17.1. The van der Waals surface area contributed by atoms with Crippen LogP contribution in [-0.4, -0.2) is 61.2 Å². The van der Waals surface area contributed by atoms with Crippen LogP contribution < -0.4 is 10.6 Å². The average Bonchev–Trinajstić information content (AvgIpc) is 3.31. The van der Waals surface area contributed by atoms with Crippen molar-refractivity contribution in [2.24, 2.45) is 5.41 Å². The first-order valence-electron chi connectivity index (χ1n) is 9.56. The molecular weight excluding hydrogens is 387 g/mol. The number of aromatic nitrogens is 1. The topological polar surface area (TPSA) is 66.5 Å². The second-order valence-corrected chi connectivity index (χ2v) is 7.67. The van der Waals surface area contributed by atoms with Crippen molar-refractivity contribution >= 4 is 36.5 Å². The highest BCUT2D eigenvalue weighted by Gasteiger charge is 2.40. The maximum Gasteiger partial charge on any atom is 0.257 e. The molecule has 1 spiro atoms. The summed E-state index contributed by atoms with van der Waals surface area (Å²) in [6, 6.07) is 3.71. The van der Waals surface area contributed by atoms with Crippen LogP contribution in [0.5, 0.6) is 0 Å². The number of nitrogens with one attached hydrogen (secondary N) is 2. The molecule has 8 heteroatoms. The lowest BCUT2D eigenvalue weighted by Gasteiger charge is -2.32. The Kier molecular flexibility index (Phi) is 8.16. The van der Waals surface area contributed by atoms with Crippen molar-refractivity contribution in [3.05, 3.63) is 23.9 Å². The minimum Gasteiger partial charge on any atom is -0.376 e. The molecule has 1 aromatic rings. The molecule has 1 amide bonds. The summed E-state index contributed by atoms with van der Waals surface area (Å²) < 4.78 is 6.05. The van der Waals surface area contributed by atoms with Gasteiger partial charge in [0.2, 0.25) is 0 Å². The van der Waals surface area contributed by atoms with Crippen molar-refractivity contribution in [1.29, 1.82) is 0 Å². The van der Waals surface area contributed by atoms with Crippen LogP contribution in [-0.2, 0) is 4.74 Å². The maximum absolute atomic E-state index is 12.7. The van der Waals surface area contributed by atoms with Crippen LogP contribution in [0.15, 0.2) is 18.3 Å². The lowest BCUT2D eigenvalue weighted by Crippen LogP contribution is -2.37. The molecule has 152 valence electrons. The van der Waals surface area contributed by atoms with E-state index >= 15 is 0 Å². The standard InChI is InChI=1S/C19H28N4O2.2ClH/c24-18(23-10-1-2-11-23)16-4-3-7-21-17(16)22-13-15-12-19(14-25-15)5-8-20-9-6-19;;/h3-4,7,15,20H,1-2,5-6,8-14H2,(H,21,22);2*1H. The van der Waals surface area contributed by atoms with E-state index in [-0.39, 0.29) is 36.8 Å². The number of anilines is 1. The molecule has 0 aromatic carbocycles. The molecule has 2 N–H and O–H groups in total. The molecule has 0 bridgehead atoms. The molecule has 3 aliphatic rings. The van der Waals surface area contributed by atoms with Crippen LogP contribution in [0.3, 0.4) is 0 Å². The Morgan fingerprint density at radius 1 is 1.30 bits per heavy atom. The van der Waals surface area contributed by atoms with E-state index in [2.05, 4.69) is 15.6 Å². The first-order chi connectivity index (χ1) is 12.3. The van der Waals surface area contributed by atoms with Gasteiger partial charge >= 0.3 is 0 Å². The van der Waals surface area contributed by atoms with Crippen molar-refractivity contribution in [3.63, 3.8) is 0 Å². The molecule has 6 nitrogen and oxygen atoms in total. The normalized spacial score (nSPS) is 23.6. The van der Waals surface area contributed by atoms with Gasteiger partial charge in [-0.3, -0.25) is 4.79 Å². The van der Waals surface area contributed by atoms with E-state index in [0.717, 1.165) is 52.0 Å². The fraction of sp³-hybridized carbons (Fsp3) is 0.684. The molecule has 1 unspecified atom stereocenters. The van der Waals surface area contributed by atoms with E-state index < -0.39 is 0 Å². The highest BCUT2D eigenvalue weighted by molar-refractivity contribution is 5.98. The van der Waals surface area contributed by atoms with Crippen molar-refractivity contribution in [3.8, 4) is 0 Å². The number of likely N-dealkylation sites (tertiary alicyclic amines) is 1. The summed E-state index contributed by atoms with van der Waals surface area (Å²) in [4.78, 5) is 19.1. The van der Waals surface area contributed by atoms with E-state index in [0.29, 0.717) is 23.3 Å². The van der Waals surface area contributed by atoms with Crippen molar-refractivity contribution in [1.82, 2.24) is 15.2 Å². The van der Waals surface area contributed by atoms with E-state index in [1.165, 1.54) is 12.8 Å². The zero-order valence-corrected chi connectivity index (χ0v) is 17.2. The second kappa shape index (κ2) is 9.92. The molecule has 4 rings (SSSR count). The lowest BCUT2D eigenvalue weighted by molar-refractivity contribution is 0.0792. The third-order valence-corrected chi connectivity index (χ3v) is 5.88. The van der Waals surface area contributed by atoms with Gasteiger partial charge in [-0.1, -0.05) is 0 Å². The van der Waals surface area contributed by atoms with Crippen LogP contribution >= 0.6 is 24.8 Å². The predicted molar refractivity (Wildman–Crippen MR) is 111 cm³/mol. The third kappa shape index (κ3) is 5.05. The number of pyridine rings is 1. The first kappa shape index (κ1) is 22.2. The van der Waals surface area contributed by atoms with Gasteiger partial charge in [0.1, 0.15) is 5.82 Å². The first-order valence-corrected chi connectivity index (χ1v) is 9.56. The Labute approximate surface area is 173 Å². The van der Waals surface area contributed by atoms with Gasteiger partial charge in [0.25, 0.3) is 5.91 Å². The SMILES string of the molecule is Cl.Cl.O=C(c1cccnc1NCC1CC2(CCNCC2)CO1)N1CCCC1. The zero-order valence-electron chi connectivity index (χ0n) is 15.6. The largest absolute Gasteiger partial charge is 0.376 e. The number of rotatable bonds is 4. The molecule has 1 aromatic heterocycles. The number of hydrogen-bond acceptors (Lipinski definition) is 5. The Morgan fingerprint density at radius 2 is 2.04 bits per heavy atom. The minimum absolute atomic E-state index is 0. The van der Waals surface area contributed by atoms with E-state index in [1.54, 1.807) is 6.20 Å². The highest BCUT2D eigenvalue weighted by atomic mass is 35.5. The highest BCUT2D eigenvalue weighted by Crippen LogP contribution is 2.40. The van der Waals surface area contributed by atoms with Gasteiger partial charge in [-0.25, -0.2) is 4.98 Å². The molecule has 3 saturated heterocycles.